The number of aromatic nitrogens is 3. The van der Waals surface area contributed by atoms with E-state index in [9.17, 15) is 13.2 Å². The van der Waals surface area contributed by atoms with Crippen LogP contribution < -0.4 is 10.1 Å². The van der Waals surface area contributed by atoms with Crippen molar-refractivity contribution in [2.45, 2.75) is 12.4 Å². The first-order valence-corrected chi connectivity index (χ1v) is 5.78. The number of hydrogen-bond acceptors (Lipinski definition) is 4. The monoisotopic (exact) mass is 286 g/mol. The molecule has 0 radical (unpaired) electrons. The number of rotatable bonds is 4. The van der Waals surface area contributed by atoms with Crippen molar-refractivity contribution < 1.29 is 17.9 Å². The van der Waals surface area contributed by atoms with Gasteiger partial charge in [0.25, 0.3) is 0 Å². The number of halogens is 3. The molecular weight excluding hydrogens is 273 g/mol. The van der Waals surface area contributed by atoms with Crippen LogP contribution in [0.4, 0.5) is 13.2 Å². The highest BCUT2D eigenvalue weighted by Gasteiger charge is 2.31. The van der Waals surface area contributed by atoms with Crippen LogP contribution in [0.25, 0.3) is 0 Å². The molecule has 0 saturated heterocycles. The van der Waals surface area contributed by atoms with Gasteiger partial charge in [0.2, 0.25) is 0 Å². The van der Waals surface area contributed by atoms with Crippen molar-refractivity contribution in [3.05, 3.63) is 41.7 Å². The van der Waals surface area contributed by atoms with Crippen LogP contribution in [0.15, 0.2) is 30.5 Å². The van der Waals surface area contributed by atoms with Crippen LogP contribution >= 0.6 is 0 Å². The number of nitrogens with zero attached hydrogens (tertiary/aromatic N) is 3. The average Bonchev–Trinajstić information content (AvgIpc) is 2.77. The minimum atomic E-state index is -4.68. The molecule has 0 aliphatic rings. The lowest BCUT2D eigenvalue weighted by Crippen LogP contribution is -2.21. The summed E-state index contributed by atoms with van der Waals surface area (Å²) < 4.78 is 41.7. The Morgan fingerprint density at radius 2 is 1.90 bits per heavy atom. The van der Waals surface area contributed by atoms with Crippen LogP contribution in [0.3, 0.4) is 0 Å². The summed E-state index contributed by atoms with van der Waals surface area (Å²) in [6.07, 6.45) is -3.09. The van der Waals surface area contributed by atoms with E-state index in [0.29, 0.717) is 0 Å². The van der Waals surface area contributed by atoms with Gasteiger partial charge in [-0.2, -0.15) is 0 Å². The molecule has 0 aliphatic heterocycles. The second kappa shape index (κ2) is 5.49. The van der Waals surface area contributed by atoms with E-state index in [-0.39, 0.29) is 11.8 Å². The van der Waals surface area contributed by atoms with E-state index >= 15 is 0 Å². The highest BCUT2D eigenvalue weighted by molar-refractivity contribution is 5.32. The Morgan fingerprint density at radius 1 is 1.25 bits per heavy atom. The summed E-state index contributed by atoms with van der Waals surface area (Å²) in [5.74, 6) is -0.251. The van der Waals surface area contributed by atoms with E-state index in [1.807, 2.05) is 0 Å². The summed E-state index contributed by atoms with van der Waals surface area (Å²) in [5, 5.41) is 10.7. The quantitative estimate of drug-likeness (QED) is 0.934. The fourth-order valence-corrected chi connectivity index (χ4v) is 1.91. The standard InChI is InChI=1S/C12H13F3N4O/c1-16-11(10-7-17-18-19(10)2)8-3-5-9(6-4-8)20-12(13,14)15/h3-7,11,16H,1-2H3. The summed E-state index contributed by atoms with van der Waals surface area (Å²) in [6, 6.07) is 5.47. The SMILES string of the molecule is CNC(c1ccc(OC(F)(F)F)cc1)c1cnnn1C. The predicted octanol–water partition coefficient (Wildman–Crippen LogP) is 2.02. The lowest BCUT2D eigenvalue weighted by molar-refractivity contribution is -0.274. The molecule has 1 atom stereocenters. The Morgan fingerprint density at radius 3 is 2.35 bits per heavy atom. The molecule has 1 unspecified atom stereocenters. The summed E-state index contributed by atoms with van der Waals surface area (Å²) in [5.41, 5.74) is 1.59. The molecule has 1 aromatic heterocycles. The number of alkyl halides is 3. The van der Waals surface area contributed by atoms with Crippen LogP contribution in [-0.4, -0.2) is 28.4 Å². The maximum atomic E-state index is 12.1. The largest absolute Gasteiger partial charge is 0.573 e. The van der Waals surface area contributed by atoms with Gasteiger partial charge in [0.15, 0.2) is 0 Å². The lowest BCUT2D eigenvalue weighted by Gasteiger charge is -2.17. The summed E-state index contributed by atoms with van der Waals surface area (Å²) in [7, 11) is 3.49. The van der Waals surface area contributed by atoms with E-state index in [2.05, 4.69) is 20.4 Å². The zero-order valence-electron chi connectivity index (χ0n) is 10.8. The summed E-state index contributed by atoms with van der Waals surface area (Å²) in [6.45, 7) is 0. The van der Waals surface area contributed by atoms with Crippen LogP contribution in [0.1, 0.15) is 17.3 Å². The van der Waals surface area contributed by atoms with Crippen LogP contribution in [0, 0.1) is 0 Å². The maximum absolute atomic E-state index is 12.1. The zero-order chi connectivity index (χ0) is 14.8. The molecule has 1 heterocycles. The second-order valence-corrected chi connectivity index (χ2v) is 4.12. The maximum Gasteiger partial charge on any atom is 0.573 e. The number of nitrogens with one attached hydrogen (secondary N) is 1. The Labute approximate surface area is 113 Å². The molecule has 0 aliphatic carbocycles. The normalized spacial score (nSPS) is 13.2. The minimum absolute atomic E-state index is 0.213. The van der Waals surface area contributed by atoms with Gasteiger partial charge in [-0.25, -0.2) is 0 Å². The molecule has 0 saturated carbocycles. The van der Waals surface area contributed by atoms with Gasteiger partial charge in [0.05, 0.1) is 17.9 Å². The van der Waals surface area contributed by atoms with E-state index in [4.69, 9.17) is 0 Å². The highest BCUT2D eigenvalue weighted by atomic mass is 19.4. The third kappa shape index (κ3) is 3.27. The number of aryl methyl sites for hydroxylation is 1. The van der Waals surface area contributed by atoms with Crippen LogP contribution in [-0.2, 0) is 7.05 Å². The first kappa shape index (κ1) is 14.3. The lowest BCUT2D eigenvalue weighted by atomic mass is 10.0. The van der Waals surface area contributed by atoms with Gasteiger partial charge in [0, 0.05) is 7.05 Å². The smallest absolute Gasteiger partial charge is 0.406 e. The first-order chi connectivity index (χ1) is 9.40. The number of ether oxygens (including phenoxy) is 1. The molecule has 2 rings (SSSR count). The Kier molecular flexibility index (Phi) is 3.93. The van der Waals surface area contributed by atoms with Gasteiger partial charge in [0.1, 0.15) is 5.75 Å². The topological polar surface area (TPSA) is 52.0 Å². The Hall–Kier alpha value is -2.09. The molecule has 2 aromatic rings. The van der Waals surface area contributed by atoms with Gasteiger partial charge in [-0.15, -0.1) is 18.3 Å². The van der Waals surface area contributed by atoms with Crippen molar-refractivity contribution >= 4 is 0 Å². The van der Waals surface area contributed by atoms with Crippen molar-refractivity contribution in [3.63, 3.8) is 0 Å². The molecule has 20 heavy (non-hydrogen) atoms. The molecule has 108 valence electrons. The Bertz CT molecular complexity index is 565. The fraction of sp³-hybridized carbons (Fsp3) is 0.333. The molecule has 5 nitrogen and oxygen atoms in total. The van der Waals surface area contributed by atoms with E-state index < -0.39 is 6.36 Å². The second-order valence-electron chi connectivity index (χ2n) is 4.12. The molecule has 0 amide bonds. The molecule has 1 aromatic carbocycles. The van der Waals surface area contributed by atoms with Gasteiger partial charge in [-0.05, 0) is 24.7 Å². The van der Waals surface area contributed by atoms with Crippen molar-refractivity contribution in [1.82, 2.24) is 20.3 Å². The van der Waals surface area contributed by atoms with E-state index in [0.717, 1.165) is 11.3 Å². The van der Waals surface area contributed by atoms with Crippen LogP contribution in [0.2, 0.25) is 0 Å². The zero-order valence-corrected chi connectivity index (χ0v) is 10.8. The summed E-state index contributed by atoms with van der Waals surface area (Å²) >= 11 is 0. The van der Waals surface area contributed by atoms with Gasteiger partial charge in [-0.3, -0.25) is 4.68 Å². The third-order valence-corrected chi connectivity index (χ3v) is 2.78. The van der Waals surface area contributed by atoms with E-state index in [1.165, 1.54) is 12.1 Å². The van der Waals surface area contributed by atoms with Crippen molar-refractivity contribution in [2.24, 2.45) is 7.05 Å². The number of benzene rings is 1. The average molecular weight is 286 g/mol. The van der Waals surface area contributed by atoms with Crippen LogP contribution in [0.5, 0.6) is 5.75 Å². The van der Waals surface area contributed by atoms with Gasteiger partial charge in [-0.1, -0.05) is 17.3 Å². The van der Waals surface area contributed by atoms with Gasteiger partial charge >= 0.3 is 6.36 Å². The molecule has 1 N–H and O–H groups in total. The Balaban J connectivity index is 2.22. The number of hydrogen-bond donors (Lipinski definition) is 1. The minimum Gasteiger partial charge on any atom is -0.406 e. The highest BCUT2D eigenvalue weighted by Crippen LogP contribution is 2.26. The van der Waals surface area contributed by atoms with Crippen molar-refractivity contribution in [2.75, 3.05) is 7.05 Å². The first-order valence-electron chi connectivity index (χ1n) is 5.78. The predicted molar refractivity (Wildman–Crippen MR) is 65.0 cm³/mol. The molecule has 8 heteroatoms. The molecular formula is C12H13F3N4O. The van der Waals surface area contributed by atoms with Gasteiger partial charge < -0.3 is 10.1 Å². The fourth-order valence-electron chi connectivity index (χ4n) is 1.91. The molecule has 0 bridgehead atoms. The van der Waals surface area contributed by atoms with Crippen molar-refractivity contribution in [3.8, 4) is 5.75 Å². The van der Waals surface area contributed by atoms with E-state index in [1.54, 1.807) is 37.1 Å². The summed E-state index contributed by atoms with van der Waals surface area (Å²) in [4.78, 5) is 0. The molecule has 0 fully saturated rings. The third-order valence-electron chi connectivity index (χ3n) is 2.78. The molecule has 0 spiro atoms. The van der Waals surface area contributed by atoms with Crippen molar-refractivity contribution in [1.29, 1.82) is 0 Å².